The van der Waals surface area contributed by atoms with E-state index in [0.29, 0.717) is 31.1 Å². The fourth-order valence-corrected chi connectivity index (χ4v) is 4.65. The van der Waals surface area contributed by atoms with Crippen LogP contribution >= 0.6 is 0 Å². The number of carbonyl (C=O) groups excluding carboxylic acids is 2. The number of nitrogens with zero attached hydrogens (tertiary/aromatic N) is 3. The molecule has 0 radical (unpaired) electrons. The van der Waals surface area contributed by atoms with Gasteiger partial charge in [0.2, 0.25) is 11.8 Å². The first-order chi connectivity index (χ1) is 18.1. The normalized spacial score (nSPS) is 14.8. The van der Waals surface area contributed by atoms with Crippen LogP contribution in [0.3, 0.4) is 0 Å². The van der Waals surface area contributed by atoms with Crippen LogP contribution in [-0.4, -0.2) is 53.2 Å². The second kappa shape index (κ2) is 11.3. The Morgan fingerprint density at radius 2 is 1.92 bits per heavy atom. The topological polar surface area (TPSA) is 107 Å². The molecular weight excluding hydrogens is 498 g/mol. The molecule has 0 spiro atoms. The van der Waals surface area contributed by atoms with Crippen molar-refractivity contribution in [1.82, 2.24) is 15.0 Å². The van der Waals surface area contributed by atoms with Gasteiger partial charge in [-0.05, 0) is 43.0 Å². The number of ether oxygens (including phenoxy) is 2. The predicted molar refractivity (Wildman–Crippen MR) is 134 cm³/mol. The molecule has 4 rings (SSSR count). The molecule has 202 valence electrons. The molecule has 0 atom stereocenters. The lowest BCUT2D eigenvalue weighted by molar-refractivity contribution is -0.128. The van der Waals surface area contributed by atoms with Crippen molar-refractivity contribution < 1.29 is 32.4 Å². The number of alkyl halides is 2. The molecule has 1 fully saturated rings. The molecular formula is C27H30F2N4O5. The number of esters is 1. The van der Waals surface area contributed by atoms with Crippen LogP contribution < -0.4 is 10.1 Å². The maximum Gasteiger partial charge on any atom is 0.388 e. The Labute approximate surface area is 219 Å². The van der Waals surface area contributed by atoms with Crippen molar-refractivity contribution >= 4 is 17.6 Å². The second-order valence-electron chi connectivity index (χ2n) is 9.51. The third-order valence-electron chi connectivity index (χ3n) is 6.39. The van der Waals surface area contributed by atoms with E-state index in [0.717, 1.165) is 11.1 Å². The predicted octanol–water partition coefficient (Wildman–Crippen LogP) is 4.67. The number of benzene rings is 1. The number of hydrogen-bond acceptors (Lipinski definition) is 8. The van der Waals surface area contributed by atoms with Crippen molar-refractivity contribution in [2.24, 2.45) is 0 Å². The van der Waals surface area contributed by atoms with Crippen molar-refractivity contribution in [2.75, 3.05) is 25.0 Å². The van der Waals surface area contributed by atoms with E-state index < -0.39 is 18.0 Å². The van der Waals surface area contributed by atoms with Gasteiger partial charge in [-0.25, -0.2) is 9.78 Å². The van der Waals surface area contributed by atoms with E-state index in [4.69, 9.17) is 9.26 Å². The number of rotatable bonds is 10. The highest BCUT2D eigenvalue weighted by atomic mass is 19.3. The van der Waals surface area contributed by atoms with E-state index in [1.165, 1.54) is 12.1 Å². The first-order valence-corrected chi connectivity index (χ1v) is 12.3. The van der Waals surface area contributed by atoms with Gasteiger partial charge in [0.15, 0.2) is 11.5 Å². The minimum absolute atomic E-state index is 0.0649. The van der Waals surface area contributed by atoms with Crippen LogP contribution in [0.5, 0.6) is 5.88 Å². The van der Waals surface area contributed by atoms with Gasteiger partial charge in [-0.1, -0.05) is 43.3 Å². The Hall–Kier alpha value is -3.86. The molecule has 1 N–H and O–H groups in total. The van der Waals surface area contributed by atoms with Crippen molar-refractivity contribution in [1.29, 1.82) is 0 Å². The van der Waals surface area contributed by atoms with E-state index in [9.17, 15) is 18.4 Å². The monoisotopic (exact) mass is 528 g/mol. The van der Waals surface area contributed by atoms with Crippen molar-refractivity contribution in [3.63, 3.8) is 0 Å². The number of aryl methyl sites for hydroxylation is 1. The zero-order valence-corrected chi connectivity index (χ0v) is 21.7. The van der Waals surface area contributed by atoms with Crippen LogP contribution in [0.4, 0.5) is 14.5 Å². The SMILES string of the molecule is CCOC(=O)c1cc(CN2CC(C(=O)Nc3ccc(C)nc3OC(F)F)(c3ccccc3C(C)C)C2)on1. The van der Waals surface area contributed by atoms with Crippen LogP contribution in [0, 0.1) is 6.92 Å². The summed E-state index contributed by atoms with van der Waals surface area (Å²) in [6.45, 7) is 5.53. The molecule has 0 saturated carbocycles. The molecule has 11 heteroatoms. The van der Waals surface area contributed by atoms with Crippen molar-refractivity contribution in [3.05, 3.63) is 70.7 Å². The van der Waals surface area contributed by atoms with Gasteiger partial charge in [0.05, 0.1) is 18.6 Å². The van der Waals surface area contributed by atoms with Crippen LogP contribution in [0.25, 0.3) is 0 Å². The van der Waals surface area contributed by atoms with E-state index in [1.807, 2.05) is 43.0 Å². The van der Waals surface area contributed by atoms with Gasteiger partial charge in [-0.3, -0.25) is 9.69 Å². The molecule has 1 saturated heterocycles. The molecule has 1 aliphatic rings. The maximum absolute atomic E-state index is 13.9. The highest BCUT2D eigenvalue weighted by Gasteiger charge is 2.52. The van der Waals surface area contributed by atoms with Gasteiger partial charge in [-0.2, -0.15) is 8.78 Å². The number of amides is 1. The van der Waals surface area contributed by atoms with Crippen molar-refractivity contribution in [2.45, 2.75) is 52.2 Å². The Morgan fingerprint density at radius 1 is 1.18 bits per heavy atom. The number of aromatic nitrogens is 2. The summed E-state index contributed by atoms with van der Waals surface area (Å²) in [5.74, 6) is -0.680. The van der Waals surface area contributed by atoms with Gasteiger partial charge in [0.25, 0.3) is 0 Å². The standard InChI is InChI=1S/C27H30F2N4O5/c1-5-36-24(34)22-12-18(38-32-22)13-33-14-27(15-33,20-9-7-6-8-19(20)16(2)3)25(35)31-21-11-10-17(4)30-23(21)37-26(28)29/h6-12,16,26H,5,13-15H2,1-4H3,(H,31,35). The van der Waals surface area contributed by atoms with Crippen LogP contribution in [0.2, 0.25) is 0 Å². The summed E-state index contributed by atoms with van der Waals surface area (Å²) >= 11 is 0. The van der Waals surface area contributed by atoms with Gasteiger partial charge in [-0.15, -0.1) is 0 Å². The van der Waals surface area contributed by atoms with E-state index in [-0.39, 0.29) is 35.7 Å². The molecule has 0 aliphatic carbocycles. The molecule has 1 amide bonds. The fraction of sp³-hybridized carbons (Fsp3) is 0.407. The van der Waals surface area contributed by atoms with E-state index >= 15 is 0 Å². The van der Waals surface area contributed by atoms with Gasteiger partial charge >= 0.3 is 12.6 Å². The largest absolute Gasteiger partial charge is 0.461 e. The highest BCUT2D eigenvalue weighted by molar-refractivity contribution is 6.01. The van der Waals surface area contributed by atoms with Crippen molar-refractivity contribution in [3.8, 4) is 5.88 Å². The summed E-state index contributed by atoms with van der Waals surface area (Å²) in [7, 11) is 0. The van der Waals surface area contributed by atoms with Crippen LogP contribution in [0.15, 0.2) is 47.0 Å². The second-order valence-corrected chi connectivity index (χ2v) is 9.51. The molecule has 3 heterocycles. The fourth-order valence-electron chi connectivity index (χ4n) is 4.65. The Kier molecular flexibility index (Phi) is 8.05. The smallest absolute Gasteiger partial charge is 0.388 e. The van der Waals surface area contributed by atoms with Gasteiger partial charge in [0, 0.05) is 24.8 Å². The summed E-state index contributed by atoms with van der Waals surface area (Å²) < 4.78 is 40.9. The zero-order valence-electron chi connectivity index (χ0n) is 21.7. The van der Waals surface area contributed by atoms with Crippen LogP contribution in [0.1, 0.15) is 59.8 Å². The lowest BCUT2D eigenvalue weighted by Gasteiger charge is -2.49. The van der Waals surface area contributed by atoms with Crippen LogP contribution in [-0.2, 0) is 21.5 Å². The lowest BCUT2D eigenvalue weighted by atomic mass is 9.69. The highest BCUT2D eigenvalue weighted by Crippen LogP contribution is 2.41. The first-order valence-electron chi connectivity index (χ1n) is 12.3. The first kappa shape index (κ1) is 27.2. The molecule has 1 aromatic carbocycles. The zero-order chi connectivity index (χ0) is 27.4. The average molecular weight is 529 g/mol. The lowest BCUT2D eigenvalue weighted by Crippen LogP contribution is -2.64. The summed E-state index contributed by atoms with van der Waals surface area (Å²) in [5, 5.41) is 6.56. The average Bonchev–Trinajstić information content (AvgIpc) is 3.31. The number of carbonyl (C=O) groups is 2. The Bertz CT molecular complexity index is 1300. The molecule has 3 aromatic rings. The molecule has 1 aliphatic heterocycles. The number of nitrogens with one attached hydrogen (secondary N) is 1. The third-order valence-corrected chi connectivity index (χ3v) is 6.39. The Balaban J connectivity index is 1.61. The summed E-state index contributed by atoms with van der Waals surface area (Å²) in [6.07, 6.45) is 0. The molecule has 0 bridgehead atoms. The number of hydrogen-bond donors (Lipinski definition) is 1. The van der Waals surface area contributed by atoms with Gasteiger partial charge < -0.3 is 19.3 Å². The summed E-state index contributed by atoms with van der Waals surface area (Å²) in [5.41, 5.74) is 1.51. The number of halogens is 2. The van der Waals surface area contributed by atoms with Gasteiger partial charge in [0.1, 0.15) is 5.69 Å². The minimum atomic E-state index is -3.09. The van der Waals surface area contributed by atoms with E-state index in [2.05, 4.69) is 20.2 Å². The quantitative estimate of drug-likeness (QED) is 0.379. The third kappa shape index (κ3) is 5.67. The Morgan fingerprint density at radius 3 is 2.61 bits per heavy atom. The molecule has 0 unspecified atom stereocenters. The molecule has 2 aromatic heterocycles. The minimum Gasteiger partial charge on any atom is -0.461 e. The summed E-state index contributed by atoms with van der Waals surface area (Å²) in [4.78, 5) is 31.8. The molecule has 9 nitrogen and oxygen atoms in total. The number of pyridine rings is 1. The van der Waals surface area contributed by atoms with E-state index in [1.54, 1.807) is 19.9 Å². The number of likely N-dealkylation sites (tertiary alicyclic amines) is 1. The maximum atomic E-state index is 13.9. The summed E-state index contributed by atoms with van der Waals surface area (Å²) in [6, 6.07) is 12.3. The number of anilines is 1. The molecule has 38 heavy (non-hydrogen) atoms.